The molecule has 0 amide bonds. The van der Waals surface area contributed by atoms with Crippen molar-refractivity contribution < 1.29 is 0 Å². The second-order valence-corrected chi connectivity index (χ2v) is 19.6. The quantitative estimate of drug-likeness (QED) is 0.157. The van der Waals surface area contributed by atoms with E-state index in [1.165, 1.54) is 88.7 Å². The van der Waals surface area contributed by atoms with Gasteiger partial charge in [0.15, 0.2) is 0 Å². The van der Waals surface area contributed by atoms with Gasteiger partial charge in [-0.3, -0.25) is 0 Å². The Bertz CT molecular complexity index is 3850. The first-order valence-electron chi connectivity index (χ1n) is 24.5. The fourth-order valence-corrected chi connectivity index (χ4v) is 12.5. The zero-order chi connectivity index (χ0) is 46.6. The highest BCUT2D eigenvalue weighted by Crippen LogP contribution is 2.64. The van der Waals surface area contributed by atoms with Crippen molar-refractivity contribution >= 4 is 44.9 Å². The maximum atomic E-state index is 2.51. The minimum absolute atomic E-state index is 0.130. The van der Waals surface area contributed by atoms with E-state index in [4.69, 9.17) is 0 Å². The van der Waals surface area contributed by atoms with E-state index in [1.807, 2.05) is 0 Å². The van der Waals surface area contributed by atoms with Crippen molar-refractivity contribution in [1.82, 2.24) is 0 Å². The Hall–Kier alpha value is -8.72. The second kappa shape index (κ2) is 15.4. The molecule has 2 nitrogen and oxygen atoms in total. The number of hydrogen-bond acceptors (Lipinski definition) is 2. The predicted octanol–water partition coefficient (Wildman–Crippen LogP) is 18.1. The molecule has 0 bridgehead atoms. The van der Waals surface area contributed by atoms with Gasteiger partial charge in [0.25, 0.3) is 0 Å². The van der Waals surface area contributed by atoms with Crippen LogP contribution < -0.4 is 9.80 Å². The summed E-state index contributed by atoms with van der Waals surface area (Å²) in [5.41, 5.74) is 24.2. The SMILES string of the molecule is CC1(C)c2ccccc2-c2ccc(N(c3ccccc3)c3ccc4c(c3)C3(c5ccccc5-c5ccc(N(c6ccccc6)c6ccc(-c7cccc8ccccc78)cc6)cc53)c3ccccc3-4)cc21. The molecule has 0 saturated heterocycles. The normalized spacial score (nSPS) is 15.2. The molecule has 0 N–H and O–H groups in total. The van der Waals surface area contributed by atoms with E-state index in [2.05, 4.69) is 278 Å². The molecular weight excluding hydrogens is 845 g/mol. The summed E-state index contributed by atoms with van der Waals surface area (Å²) in [5, 5.41) is 2.51. The van der Waals surface area contributed by atoms with Gasteiger partial charge in [-0.25, -0.2) is 0 Å². The summed E-state index contributed by atoms with van der Waals surface area (Å²) in [7, 11) is 0. The molecule has 330 valence electrons. The van der Waals surface area contributed by atoms with Crippen LogP contribution in [-0.4, -0.2) is 0 Å². The molecule has 1 unspecified atom stereocenters. The Morgan fingerprint density at radius 2 is 0.629 bits per heavy atom. The van der Waals surface area contributed by atoms with Crippen LogP contribution in [0.1, 0.15) is 47.2 Å². The summed E-state index contributed by atoms with van der Waals surface area (Å²) in [4.78, 5) is 4.89. The monoisotopic (exact) mass is 892 g/mol. The Morgan fingerprint density at radius 3 is 1.20 bits per heavy atom. The van der Waals surface area contributed by atoms with Crippen LogP contribution in [-0.2, 0) is 10.8 Å². The zero-order valence-corrected chi connectivity index (χ0v) is 39.1. The van der Waals surface area contributed by atoms with Gasteiger partial charge in [-0.2, -0.15) is 0 Å². The molecule has 11 aromatic rings. The van der Waals surface area contributed by atoms with Gasteiger partial charge in [0.2, 0.25) is 0 Å². The Kier molecular flexibility index (Phi) is 8.88. The smallest absolute Gasteiger partial charge is 0.0727 e. The average molecular weight is 893 g/mol. The van der Waals surface area contributed by atoms with E-state index in [1.54, 1.807) is 0 Å². The minimum Gasteiger partial charge on any atom is -0.310 e. The number of hydrogen-bond donors (Lipinski definition) is 0. The lowest BCUT2D eigenvalue weighted by Crippen LogP contribution is -2.26. The molecule has 0 aromatic heterocycles. The van der Waals surface area contributed by atoms with Gasteiger partial charge in [-0.05, 0) is 161 Å². The molecule has 14 rings (SSSR count). The highest BCUT2D eigenvalue weighted by Gasteiger charge is 2.52. The van der Waals surface area contributed by atoms with Crippen LogP contribution in [0.3, 0.4) is 0 Å². The third-order valence-electron chi connectivity index (χ3n) is 15.7. The molecule has 0 fully saturated rings. The Morgan fingerprint density at radius 1 is 0.257 bits per heavy atom. The van der Waals surface area contributed by atoms with Gasteiger partial charge in [0.1, 0.15) is 0 Å². The van der Waals surface area contributed by atoms with Gasteiger partial charge in [-0.1, -0.05) is 196 Å². The Labute approximate surface area is 410 Å². The molecule has 3 aliphatic rings. The molecule has 3 aliphatic carbocycles. The summed E-state index contributed by atoms with van der Waals surface area (Å²) < 4.78 is 0. The highest BCUT2D eigenvalue weighted by atomic mass is 15.1. The van der Waals surface area contributed by atoms with Crippen LogP contribution >= 0.6 is 0 Å². The molecule has 1 atom stereocenters. The number of benzene rings is 11. The third-order valence-corrected chi connectivity index (χ3v) is 15.7. The number of nitrogens with zero attached hydrogens (tertiary/aromatic N) is 2. The first-order chi connectivity index (χ1) is 34.5. The lowest BCUT2D eigenvalue weighted by molar-refractivity contribution is 0.660. The summed E-state index contributed by atoms with van der Waals surface area (Å²) >= 11 is 0. The van der Waals surface area contributed by atoms with Gasteiger partial charge in [0.05, 0.1) is 5.41 Å². The minimum atomic E-state index is -0.575. The lowest BCUT2D eigenvalue weighted by Gasteiger charge is -2.33. The van der Waals surface area contributed by atoms with Crippen molar-refractivity contribution in [3.8, 4) is 44.5 Å². The second-order valence-electron chi connectivity index (χ2n) is 19.6. The van der Waals surface area contributed by atoms with Crippen LogP contribution in [0.15, 0.2) is 255 Å². The number of fused-ring (bicyclic) bond motifs is 14. The third kappa shape index (κ3) is 5.80. The molecule has 11 aromatic carbocycles. The van der Waals surface area contributed by atoms with Crippen LogP contribution in [0.4, 0.5) is 34.1 Å². The summed E-state index contributed by atoms with van der Waals surface area (Å²) in [6.45, 7) is 4.74. The fourth-order valence-electron chi connectivity index (χ4n) is 12.5. The van der Waals surface area contributed by atoms with Gasteiger partial charge >= 0.3 is 0 Å². The predicted molar refractivity (Wildman–Crippen MR) is 293 cm³/mol. The van der Waals surface area contributed by atoms with Gasteiger partial charge in [-0.15, -0.1) is 0 Å². The molecule has 0 radical (unpaired) electrons. The molecule has 2 heteroatoms. The van der Waals surface area contributed by atoms with Crippen molar-refractivity contribution in [3.63, 3.8) is 0 Å². The number of para-hydroxylation sites is 2. The van der Waals surface area contributed by atoms with Gasteiger partial charge in [0, 0.05) is 39.5 Å². The average Bonchev–Trinajstić information content (AvgIpc) is 3.97. The van der Waals surface area contributed by atoms with Crippen molar-refractivity contribution in [2.75, 3.05) is 9.80 Å². The molecule has 1 spiro atoms. The molecule has 0 saturated carbocycles. The first-order valence-corrected chi connectivity index (χ1v) is 24.5. The van der Waals surface area contributed by atoms with Crippen molar-refractivity contribution in [2.45, 2.75) is 24.7 Å². The number of rotatable bonds is 7. The van der Waals surface area contributed by atoms with E-state index in [-0.39, 0.29) is 5.41 Å². The maximum Gasteiger partial charge on any atom is 0.0727 e. The van der Waals surface area contributed by atoms with E-state index in [9.17, 15) is 0 Å². The lowest BCUT2D eigenvalue weighted by atomic mass is 9.70. The van der Waals surface area contributed by atoms with Crippen LogP contribution in [0.25, 0.3) is 55.3 Å². The largest absolute Gasteiger partial charge is 0.310 e. The van der Waals surface area contributed by atoms with E-state index in [0.29, 0.717) is 0 Å². The van der Waals surface area contributed by atoms with Crippen LogP contribution in [0, 0.1) is 0 Å². The van der Waals surface area contributed by atoms with E-state index < -0.39 is 5.41 Å². The van der Waals surface area contributed by atoms with Gasteiger partial charge < -0.3 is 9.80 Å². The van der Waals surface area contributed by atoms with Crippen LogP contribution in [0.5, 0.6) is 0 Å². The molecule has 0 heterocycles. The molecular formula is C68H48N2. The van der Waals surface area contributed by atoms with Crippen molar-refractivity contribution in [2.24, 2.45) is 0 Å². The van der Waals surface area contributed by atoms with E-state index in [0.717, 1.165) is 34.1 Å². The van der Waals surface area contributed by atoms with E-state index >= 15 is 0 Å². The Balaban J connectivity index is 0.962. The van der Waals surface area contributed by atoms with Crippen molar-refractivity contribution in [3.05, 3.63) is 288 Å². The topological polar surface area (TPSA) is 6.48 Å². The zero-order valence-electron chi connectivity index (χ0n) is 39.1. The highest BCUT2D eigenvalue weighted by molar-refractivity contribution is 5.99. The summed E-state index contributed by atoms with van der Waals surface area (Å²) in [5.74, 6) is 0. The fraction of sp³-hybridized carbons (Fsp3) is 0.0588. The number of anilines is 6. The first kappa shape index (κ1) is 40.4. The molecule has 0 aliphatic heterocycles. The maximum absolute atomic E-state index is 2.51. The molecule has 70 heavy (non-hydrogen) atoms. The summed E-state index contributed by atoms with van der Waals surface area (Å²) in [6, 6.07) is 94.8. The van der Waals surface area contributed by atoms with Crippen molar-refractivity contribution in [1.29, 1.82) is 0 Å². The van der Waals surface area contributed by atoms with Crippen LogP contribution in [0.2, 0.25) is 0 Å². The summed E-state index contributed by atoms with van der Waals surface area (Å²) in [6.07, 6.45) is 0. The standard InChI is InChI=1S/C68H48N2/c1-67(2)61-29-14-11-25-55(61)58-39-36-50(42-64(58)67)70(48-22-7-4-8-23-48)52-38-41-60-57-27-13-16-31-63(57)68(66(60)44-52)62-30-15-12-26-56(62)59-40-37-51(43-65(59)68)69(47-20-5-3-6-21-47)49-34-32-46(33-35-49)54-28-17-19-45-18-9-10-24-53(45)54/h3-44H,1-2H3.